The van der Waals surface area contributed by atoms with Gasteiger partial charge in [-0.2, -0.15) is 0 Å². The molecule has 0 aliphatic heterocycles. The molecule has 0 aromatic heterocycles. The Bertz CT molecular complexity index is 347. The zero-order valence-electron chi connectivity index (χ0n) is 7.81. The molecule has 3 heteroatoms. The molecule has 0 bridgehead atoms. The van der Waals surface area contributed by atoms with Gasteiger partial charge in [-0.05, 0) is 17.5 Å². The number of rotatable bonds is 4. The summed E-state index contributed by atoms with van der Waals surface area (Å²) in [6.07, 6.45) is 2.06. The van der Waals surface area contributed by atoms with Crippen molar-refractivity contribution in [1.29, 1.82) is 0 Å². The molecule has 74 valence electrons. The second-order valence-electron chi connectivity index (χ2n) is 3.10. The van der Waals surface area contributed by atoms with E-state index >= 15 is 0 Å². The van der Waals surface area contributed by atoms with Crippen LogP contribution in [0.25, 0.3) is 6.08 Å². The number of nitrogens with two attached hydrogens (primary N) is 1. The number of carboxylic acids is 1. The fourth-order valence-electron chi connectivity index (χ4n) is 1.19. The van der Waals surface area contributed by atoms with Crippen molar-refractivity contribution in [3.8, 4) is 0 Å². The van der Waals surface area contributed by atoms with Crippen molar-refractivity contribution in [2.45, 2.75) is 12.5 Å². The van der Waals surface area contributed by atoms with Crippen molar-refractivity contribution in [3.05, 3.63) is 42.0 Å². The lowest BCUT2D eigenvalue weighted by molar-refractivity contribution is -0.138. The van der Waals surface area contributed by atoms with Crippen LogP contribution in [0.4, 0.5) is 0 Å². The Morgan fingerprint density at radius 2 is 2.36 bits per heavy atom. The van der Waals surface area contributed by atoms with Crippen LogP contribution >= 0.6 is 0 Å². The molecule has 0 saturated carbocycles. The largest absolute Gasteiger partial charge is 0.480 e. The first-order valence-corrected chi connectivity index (χ1v) is 4.33. The molecule has 0 amide bonds. The topological polar surface area (TPSA) is 63.3 Å². The monoisotopic (exact) mass is 191 g/mol. The van der Waals surface area contributed by atoms with Crippen LogP contribution in [-0.4, -0.2) is 17.1 Å². The van der Waals surface area contributed by atoms with Gasteiger partial charge < -0.3 is 10.8 Å². The van der Waals surface area contributed by atoms with E-state index in [1.54, 1.807) is 6.08 Å². The van der Waals surface area contributed by atoms with Crippen molar-refractivity contribution in [1.82, 2.24) is 0 Å². The minimum absolute atomic E-state index is 0.344. The van der Waals surface area contributed by atoms with Gasteiger partial charge in [-0.3, -0.25) is 4.79 Å². The van der Waals surface area contributed by atoms with Crippen LogP contribution in [0.3, 0.4) is 0 Å². The van der Waals surface area contributed by atoms with Gasteiger partial charge in [0.1, 0.15) is 6.04 Å². The van der Waals surface area contributed by atoms with Gasteiger partial charge in [0.2, 0.25) is 0 Å². The van der Waals surface area contributed by atoms with Crippen LogP contribution in [0.2, 0.25) is 0 Å². The minimum Gasteiger partial charge on any atom is -0.480 e. The molecule has 1 aromatic carbocycles. The Hall–Kier alpha value is -1.61. The molecule has 0 aliphatic rings. The zero-order chi connectivity index (χ0) is 10.6. The lowest BCUT2D eigenvalue weighted by Gasteiger charge is -2.06. The molecule has 0 unspecified atom stereocenters. The highest BCUT2D eigenvalue weighted by molar-refractivity contribution is 5.73. The highest BCUT2D eigenvalue weighted by Gasteiger charge is 2.11. The summed E-state index contributed by atoms with van der Waals surface area (Å²) in [5, 5.41) is 8.62. The van der Waals surface area contributed by atoms with Gasteiger partial charge in [-0.1, -0.05) is 36.9 Å². The molecule has 3 nitrogen and oxygen atoms in total. The van der Waals surface area contributed by atoms with Crippen LogP contribution in [0.1, 0.15) is 11.1 Å². The smallest absolute Gasteiger partial charge is 0.320 e. The van der Waals surface area contributed by atoms with Crippen LogP contribution in [0.5, 0.6) is 0 Å². The molecule has 0 heterocycles. The summed E-state index contributed by atoms with van der Waals surface area (Å²) in [7, 11) is 0. The predicted molar refractivity (Wildman–Crippen MR) is 55.8 cm³/mol. The molecule has 14 heavy (non-hydrogen) atoms. The Kier molecular flexibility index (Phi) is 3.42. The Morgan fingerprint density at radius 3 is 2.93 bits per heavy atom. The van der Waals surface area contributed by atoms with Crippen molar-refractivity contribution < 1.29 is 9.90 Å². The number of aliphatic carboxylic acids is 1. The van der Waals surface area contributed by atoms with Gasteiger partial charge in [-0.15, -0.1) is 0 Å². The first kappa shape index (κ1) is 10.5. The van der Waals surface area contributed by atoms with Crippen LogP contribution in [-0.2, 0) is 11.2 Å². The second-order valence-corrected chi connectivity index (χ2v) is 3.10. The third-order valence-corrected chi connectivity index (χ3v) is 1.96. The van der Waals surface area contributed by atoms with E-state index in [4.69, 9.17) is 10.8 Å². The quantitative estimate of drug-likeness (QED) is 0.753. The number of hydrogen-bond donors (Lipinski definition) is 2. The molecule has 1 atom stereocenters. The predicted octanol–water partition coefficient (Wildman–Crippen LogP) is 1.28. The van der Waals surface area contributed by atoms with Gasteiger partial charge in [-0.25, -0.2) is 0 Å². The SMILES string of the molecule is C=Cc1cccc(C[C@@H](N)C(=O)O)c1. The van der Waals surface area contributed by atoms with Crippen molar-refractivity contribution in [2.75, 3.05) is 0 Å². The highest BCUT2D eigenvalue weighted by Crippen LogP contribution is 2.08. The Morgan fingerprint density at radius 1 is 1.64 bits per heavy atom. The van der Waals surface area contributed by atoms with Crippen molar-refractivity contribution in [2.24, 2.45) is 5.73 Å². The van der Waals surface area contributed by atoms with Crippen molar-refractivity contribution in [3.63, 3.8) is 0 Å². The first-order valence-electron chi connectivity index (χ1n) is 4.33. The van der Waals surface area contributed by atoms with Crippen LogP contribution in [0.15, 0.2) is 30.8 Å². The van der Waals surface area contributed by atoms with Crippen LogP contribution in [0, 0.1) is 0 Å². The summed E-state index contributed by atoms with van der Waals surface area (Å²) in [6.45, 7) is 3.64. The van der Waals surface area contributed by atoms with E-state index in [9.17, 15) is 4.79 Å². The molecule has 0 spiro atoms. The Balaban J connectivity index is 2.76. The normalized spacial score (nSPS) is 12.1. The average Bonchev–Trinajstić information content (AvgIpc) is 2.18. The average molecular weight is 191 g/mol. The van der Waals surface area contributed by atoms with Gasteiger partial charge in [0.05, 0.1) is 0 Å². The van der Waals surface area contributed by atoms with Crippen molar-refractivity contribution >= 4 is 12.0 Å². The summed E-state index contributed by atoms with van der Waals surface area (Å²) in [4.78, 5) is 10.5. The van der Waals surface area contributed by atoms with E-state index in [0.717, 1.165) is 11.1 Å². The summed E-state index contributed by atoms with van der Waals surface area (Å²) in [5.74, 6) is -0.978. The van der Waals surface area contributed by atoms with Gasteiger partial charge >= 0.3 is 5.97 Å². The third kappa shape index (κ3) is 2.71. The molecule has 0 fully saturated rings. The van der Waals surface area contributed by atoms with E-state index in [1.165, 1.54) is 0 Å². The maximum absolute atomic E-state index is 10.5. The molecular formula is C11H13NO2. The summed E-state index contributed by atoms with van der Waals surface area (Å²) < 4.78 is 0. The summed E-state index contributed by atoms with van der Waals surface area (Å²) in [5.41, 5.74) is 7.30. The van der Waals surface area contributed by atoms with E-state index in [-0.39, 0.29) is 0 Å². The molecule has 0 saturated heterocycles. The zero-order valence-corrected chi connectivity index (χ0v) is 7.81. The third-order valence-electron chi connectivity index (χ3n) is 1.96. The fraction of sp³-hybridized carbons (Fsp3) is 0.182. The number of carboxylic acid groups (broad SMARTS) is 1. The van der Waals surface area contributed by atoms with Gasteiger partial charge in [0, 0.05) is 0 Å². The number of hydrogen-bond acceptors (Lipinski definition) is 2. The fourth-order valence-corrected chi connectivity index (χ4v) is 1.19. The molecule has 0 aliphatic carbocycles. The number of carbonyl (C=O) groups is 1. The van der Waals surface area contributed by atoms with Crippen LogP contribution < -0.4 is 5.73 Å². The Labute approximate surface area is 82.9 Å². The second kappa shape index (κ2) is 4.58. The molecule has 1 aromatic rings. The van der Waals surface area contributed by atoms with Gasteiger partial charge in [0.15, 0.2) is 0 Å². The summed E-state index contributed by atoms with van der Waals surface area (Å²) in [6, 6.07) is 6.67. The summed E-state index contributed by atoms with van der Waals surface area (Å²) >= 11 is 0. The van der Waals surface area contributed by atoms with Gasteiger partial charge in [0.25, 0.3) is 0 Å². The number of benzene rings is 1. The first-order chi connectivity index (χ1) is 6.63. The van der Waals surface area contributed by atoms with E-state index in [1.807, 2.05) is 24.3 Å². The molecule has 1 rings (SSSR count). The van der Waals surface area contributed by atoms with E-state index < -0.39 is 12.0 Å². The minimum atomic E-state index is -0.978. The lowest BCUT2D eigenvalue weighted by Crippen LogP contribution is -2.32. The molecule has 3 N–H and O–H groups in total. The van der Waals surface area contributed by atoms with E-state index in [2.05, 4.69) is 6.58 Å². The lowest BCUT2D eigenvalue weighted by atomic mass is 10.0. The standard InChI is InChI=1S/C11H13NO2/c1-2-8-4-3-5-9(6-8)7-10(12)11(13)14/h2-6,10H,1,7,12H2,(H,13,14)/t10-/m1/s1. The molecule has 0 radical (unpaired) electrons. The highest BCUT2D eigenvalue weighted by atomic mass is 16.4. The maximum atomic E-state index is 10.5. The maximum Gasteiger partial charge on any atom is 0.320 e. The van der Waals surface area contributed by atoms with E-state index in [0.29, 0.717) is 6.42 Å². The molecular weight excluding hydrogens is 178 g/mol.